The van der Waals surface area contributed by atoms with E-state index in [9.17, 15) is 5.26 Å². The summed E-state index contributed by atoms with van der Waals surface area (Å²) in [6.45, 7) is 1.66. The van der Waals surface area contributed by atoms with E-state index in [1.165, 1.54) is 44.9 Å². The van der Waals surface area contributed by atoms with E-state index in [1.54, 1.807) is 6.07 Å². The van der Waals surface area contributed by atoms with Gasteiger partial charge in [-0.1, -0.05) is 44.2 Å². The molecule has 1 heterocycles. The lowest BCUT2D eigenvalue weighted by molar-refractivity contribution is -0.162. The number of ether oxygens (including phenoxy) is 2. The molecule has 140 valence electrons. The largest absolute Gasteiger partial charge is 0.353 e. The van der Waals surface area contributed by atoms with Gasteiger partial charge in [0.2, 0.25) is 0 Å². The minimum absolute atomic E-state index is 0.0431. The molecule has 1 fully saturated rings. The molecule has 1 aromatic carbocycles. The van der Waals surface area contributed by atoms with Crippen LogP contribution in [0.2, 0.25) is 0 Å². The fourth-order valence-electron chi connectivity index (χ4n) is 3.39. The number of rotatable bonds is 11. The predicted octanol–water partition coefficient (Wildman–Crippen LogP) is 5.25. The van der Waals surface area contributed by atoms with Crippen molar-refractivity contribution >= 4 is 0 Å². The van der Waals surface area contributed by atoms with E-state index in [-0.39, 0.29) is 6.29 Å². The summed E-state index contributed by atoms with van der Waals surface area (Å²) in [7, 11) is 0. The van der Waals surface area contributed by atoms with Crippen LogP contribution in [-0.4, -0.2) is 19.5 Å². The second-order valence-corrected chi connectivity index (χ2v) is 6.96. The van der Waals surface area contributed by atoms with Crippen LogP contribution >= 0.6 is 0 Å². The summed E-state index contributed by atoms with van der Waals surface area (Å²) in [5, 5.41) is 18.3. The van der Waals surface area contributed by atoms with Gasteiger partial charge in [-0.2, -0.15) is 10.5 Å². The van der Waals surface area contributed by atoms with Crippen LogP contribution in [0.15, 0.2) is 18.2 Å². The minimum Gasteiger partial charge on any atom is -0.353 e. The predicted molar refractivity (Wildman–Crippen MR) is 101 cm³/mol. The lowest BCUT2D eigenvalue weighted by Crippen LogP contribution is -2.22. The van der Waals surface area contributed by atoms with Gasteiger partial charge in [-0.25, -0.2) is 0 Å². The molecule has 4 heteroatoms. The molecule has 0 aromatic heterocycles. The second-order valence-electron chi connectivity index (χ2n) is 6.96. The third-order valence-electron chi connectivity index (χ3n) is 4.92. The van der Waals surface area contributed by atoms with Crippen molar-refractivity contribution in [2.45, 2.75) is 76.9 Å². The van der Waals surface area contributed by atoms with Crippen molar-refractivity contribution in [2.75, 3.05) is 13.2 Å². The zero-order valence-electron chi connectivity index (χ0n) is 15.7. The van der Waals surface area contributed by atoms with Gasteiger partial charge >= 0.3 is 0 Å². The normalized spacial score (nSPS) is 16.8. The third-order valence-corrected chi connectivity index (χ3v) is 4.92. The highest BCUT2D eigenvalue weighted by Crippen LogP contribution is 2.17. The van der Waals surface area contributed by atoms with Crippen molar-refractivity contribution in [3.05, 3.63) is 34.9 Å². The summed E-state index contributed by atoms with van der Waals surface area (Å²) in [6.07, 6.45) is 12.7. The summed E-state index contributed by atoms with van der Waals surface area (Å²) < 4.78 is 11.3. The Morgan fingerprint density at radius 3 is 2.42 bits per heavy atom. The molecule has 0 radical (unpaired) electrons. The molecular formula is C22H30N2O2. The van der Waals surface area contributed by atoms with Gasteiger partial charge in [0.25, 0.3) is 0 Å². The van der Waals surface area contributed by atoms with Crippen LogP contribution in [0, 0.1) is 22.7 Å². The molecule has 1 atom stereocenters. The number of hydrogen-bond acceptors (Lipinski definition) is 4. The summed E-state index contributed by atoms with van der Waals surface area (Å²) in [6, 6.07) is 9.83. The molecule has 2 rings (SSSR count). The van der Waals surface area contributed by atoms with Crippen LogP contribution in [0.25, 0.3) is 0 Å². The standard InChI is InChI=1S/C22H30N2O2/c23-17-20-13-10-12-19(21(20)18-24)11-6-4-2-1-3-5-8-15-25-22-14-7-9-16-26-22/h10,12-13,22H,1-9,11,14-16H2. The fourth-order valence-corrected chi connectivity index (χ4v) is 3.39. The monoisotopic (exact) mass is 354 g/mol. The van der Waals surface area contributed by atoms with E-state index in [1.807, 2.05) is 12.1 Å². The molecule has 0 spiro atoms. The molecule has 0 amide bonds. The Morgan fingerprint density at radius 2 is 1.73 bits per heavy atom. The minimum atomic E-state index is 0.0431. The molecule has 26 heavy (non-hydrogen) atoms. The average molecular weight is 354 g/mol. The van der Waals surface area contributed by atoms with Crippen LogP contribution in [0.3, 0.4) is 0 Å². The Labute approximate surface area is 157 Å². The summed E-state index contributed by atoms with van der Waals surface area (Å²) in [5.41, 5.74) is 2.05. The van der Waals surface area contributed by atoms with Crippen molar-refractivity contribution in [1.82, 2.24) is 0 Å². The van der Waals surface area contributed by atoms with Gasteiger partial charge in [-0.15, -0.1) is 0 Å². The van der Waals surface area contributed by atoms with E-state index in [4.69, 9.17) is 14.7 Å². The van der Waals surface area contributed by atoms with Gasteiger partial charge in [0.05, 0.1) is 11.1 Å². The first-order chi connectivity index (χ1) is 12.8. The van der Waals surface area contributed by atoms with Crippen molar-refractivity contribution < 1.29 is 9.47 Å². The Kier molecular flexibility index (Phi) is 9.80. The molecule has 1 aliphatic rings. The molecule has 0 aliphatic carbocycles. The van der Waals surface area contributed by atoms with Crippen molar-refractivity contribution in [3.63, 3.8) is 0 Å². The van der Waals surface area contributed by atoms with E-state index >= 15 is 0 Å². The molecular weight excluding hydrogens is 324 g/mol. The van der Waals surface area contributed by atoms with E-state index < -0.39 is 0 Å². The lowest BCUT2D eigenvalue weighted by Gasteiger charge is -2.22. The fraction of sp³-hybridized carbons (Fsp3) is 0.636. The average Bonchev–Trinajstić information content (AvgIpc) is 2.69. The van der Waals surface area contributed by atoms with Crippen LogP contribution < -0.4 is 0 Å². The topological polar surface area (TPSA) is 66.0 Å². The van der Waals surface area contributed by atoms with Gasteiger partial charge in [-0.05, 0) is 50.2 Å². The van der Waals surface area contributed by atoms with Crippen LogP contribution in [0.4, 0.5) is 0 Å². The van der Waals surface area contributed by atoms with Crippen LogP contribution in [-0.2, 0) is 15.9 Å². The first kappa shape index (κ1) is 20.4. The Bertz CT molecular complexity index is 610. The first-order valence-corrected chi connectivity index (χ1v) is 10.0. The summed E-state index contributed by atoms with van der Waals surface area (Å²) in [4.78, 5) is 0. The molecule has 1 aliphatic heterocycles. The lowest BCUT2D eigenvalue weighted by atomic mass is 9.97. The Morgan fingerprint density at radius 1 is 0.962 bits per heavy atom. The molecule has 1 unspecified atom stereocenters. The number of benzene rings is 1. The van der Waals surface area contributed by atoms with Crippen molar-refractivity contribution in [3.8, 4) is 12.1 Å². The third kappa shape index (κ3) is 7.16. The van der Waals surface area contributed by atoms with Crippen LogP contribution in [0.1, 0.15) is 80.9 Å². The maximum atomic E-state index is 9.24. The van der Waals surface area contributed by atoms with Crippen LogP contribution in [0.5, 0.6) is 0 Å². The highest BCUT2D eigenvalue weighted by Gasteiger charge is 2.13. The van der Waals surface area contributed by atoms with Gasteiger partial charge < -0.3 is 9.47 Å². The quantitative estimate of drug-likeness (QED) is 0.509. The molecule has 1 aromatic rings. The maximum Gasteiger partial charge on any atom is 0.157 e. The van der Waals surface area contributed by atoms with Gasteiger partial charge in [0.15, 0.2) is 6.29 Å². The molecule has 0 saturated carbocycles. The Hall–Kier alpha value is -1.88. The zero-order valence-corrected chi connectivity index (χ0v) is 15.7. The molecule has 1 saturated heterocycles. The molecule has 0 N–H and O–H groups in total. The van der Waals surface area contributed by atoms with Gasteiger partial charge in [0, 0.05) is 13.2 Å². The molecule has 4 nitrogen and oxygen atoms in total. The van der Waals surface area contributed by atoms with E-state index in [0.717, 1.165) is 44.5 Å². The number of nitrogens with zero attached hydrogens (tertiary/aromatic N) is 2. The smallest absolute Gasteiger partial charge is 0.157 e. The summed E-state index contributed by atoms with van der Waals surface area (Å²) in [5.74, 6) is 0. The second kappa shape index (κ2) is 12.5. The highest BCUT2D eigenvalue weighted by atomic mass is 16.7. The summed E-state index contributed by atoms with van der Waals surface area (Å²) >= 11 is 0. The van der Waals surface area contributed by atoms with Gasteiger partial charge in [-0.3, -0.25) is 0 Å². The number of aryl methyl sites for hydroxylation is 1. The molecule has 0 bridgehead atoms. The number of nitriles is 2. The Balaban J connectivity index is 1.47. The number of hydrogen-bond donors (Lipinski definition) is 0. The SMILES string of the molecule is N#Cc1cccc(CCCCCCCCCOC2CCCCO2)c1C#N. The highest BCUT2D eigenvalue weighted by molar-refractivity contribution is 5.50. The first-order valence-electron chi connectivity index (χ1n) is 10.0. The van der Waals surface area contributed by atoms with E-state index in [0.29, 0.717) is 11.1 Å². The van der Waals surface area contributed by atoms with E-state index in [2.05, 4.69) is 12.1 Å². The van der Waals surface area contributed by atoms with Crippen molar-refractivity contribution in [2.24, 2.45) is 0 Å². The maximum absolute atomic E-state index is 9.24. The van der Waals surface area contributed by atoms with Gasteiger partial charge in [0.1, 0.15) is 12.1 Å². The zero-order chi connectivity index (χ0) is 18.5. The number of unbranched alkanes of at least 4 members (excludes halogenated alkanes) is 6. The van der Waals surface area contributed by atoms with Crippen molar-refractivity contribution in [1.29, 1.82) is 10.5 Å².